The SMILES string of the molecule is Cc1ccc(CNC(=O)[C@@H](Sc2ccccc2)c2ccccc2)n1C. The Balaban J connectivity index is 1.76. The molecule has 0 spiro atoms. The van der Waals surface area contributed by atoms with Gasteiger partial charge in [-0.05, 0) is 36.8 Å². The van der Waals surface area contributed by atoms with Gasteiger partial charge in [-0.1, -0.05) is 48.5 Å². The first-order chi connectivity index (χ1) is 12.1. The number of hydrogen-bond donors (Lipinski definition) is 1. The van der Waals surface area contributed by atoms with Crippen LogP contribution in [0.4, 0.5) is 0 Å². The van der Waals surface area contributed by atoms with Gasteiger partial charge in [0.15, 0.2) is 0 Å². The van der Waals surface area contributed by atoms with E-state index in [0.717, 1.165) is 16.2 Å². The molecule has 4 heteroatoms. The van der Waals surface area contributed by atoms with Gasteiger partial charge in [0.25, 0.3) is 0 Å². The van der Waals surface area contributed by atoms with Crippen LogP contribution in [-0.4, -0.2) is 10.5 Å². The molecule has 0 aliphatic heterocycles. The second-order valence-corrected chi connectivity index (χ2v) is 7.14. The average molecular weight is 350 g/mol. The van der Waals surface area contributed by atoms with Gasteiger partial charge in [-0.2, -0.15) is 0 Å². The van der Waals surface area contributed by atoms with Crippen LogP contribution in [0.2, 0.25) is 0 Å². The Labute approximate surface area is 153 Å². The van der Waals surface area contributed by atoms with Crippen molar-refractivity contribution in [2.75, 3.05) is 0 Å². The third-order valence-corrected chi connectivity index (χ3v) is 5.52. The lowest BCUT2D eigenvalue weighted by Gasteiger charge is -2.17. The molecule has 1 heterocycles. The average Bonchev–Trinajstić information content (AvgIpc) is 2.98. The van der Waals surface area contributed by atoms with Gasteiger partial charge < -0.3 is 9.88 Å². The number of carbonyl (C=O) groups excluding carboxylic acids is 1. The maximum atomic E-state index is 12.9. The molecule has 3 rings (SSSR count). The smallest absolute Gasteiger partial charge is 0.238 e. The number of benzene rings is 2. The van der Waals surface area contributed by atoms with Gasteiger partial charge in [-0.15, -0.1) is 11.8 Å². The molecular weight excluding hydrogens is 328 g/mol. The van der Waals surface area contributed by atoms with E-state index in [9.17, 15) is 4.79 Å². The van der Waals surface area contributed by atoms with E-state index < -0.39 is 0 Å². The zero-order valence-electron chi connectivity index (χ0n) is 14.5. The minimum Gasteiger partial charge on any atom is -0.350 e. The van der Waals surface area contributed by atoms with Crippen molar-refractivity contribution in [2.24, 2.45) is 7.05 Å². The Morgan fingerprint density at radius 2 is 1.64 bits per heavy atom. The molecule has 1 N–H and O–H groups in total. The topological polar surface area (TPSA) is 34.0 Å². The van der Waals surface area contributed by atoms with Crippen molar-refractivity contribution in [3.8, 4) is 0 Å². The van der Waals surface area contributed by atoms with Gasteiger partial charge in [0.2, 0.25) is 5.91 Å². The zero-order valence-corrected chi connectivity index (χ0v) is 15.3. The maximum absolute atomic E-state index is 12.9. The third kappa shape index (κ3) is 4.34. The molecule has 0 fully saturated rings. The Hall–Kier alpha value is -2.46. The standard InChI is InChI=1S/C21H22N2OS/c1-16-13-14-18(23(16)2)15-22-21(24)20(17-9-5-3-6-10-17)25-19-11-7-4-8-12-19/h3-14,20H,15H2,1-2H3,(H,22,24)/t20-/m0/s1. The molecule has 0 aliphatic carbocycles. The van der Waals surface area contributed by atoms with Crippen molar-refractivity contribution in [3.05, 3.63) is 89.7 Å². The van der Waals surface area contributed by atoms with Gasteiger partial charge in [-0.3, -0.25) is 4.79 Å². The van der Waals surface area contributed by atoms with Crippen LogP contribution in [0.15, 0.2) is 77.7 Å². The minimum atomic E-state index is -0.273. The lowest BCUT2D eigenvalue weighted by atomic mass is 10.1. The van der Waals surface area contributed by atoms with Crippen LogP contribution in [-0.2, 0) is 18.4 Å². The predicted octanol–water partition coefficient (Wildman–Crippen LogP) is 4.48. The fourth-order valence-corrected chi connectivity index (χ4v) is 3.72. The Morgan fingerprint density at radius 1 is 1.00 bits per heavy atom. The molecule has 0 radical (unpaired) electrons. The highest BCUT2D eigenvalue weighted by Gasteiger charge is 2.22. The summed E-state index contributed by atoms with van der Waals surface area (Å²) >= 11 is 1.58. The van der Waals surface area contributed by atoms with E-state index in [1.807, 2.05) is 67.7 Å². The highest BCUT2D eigenvalue weighted by atomic mass is 32.2. The summed E-state index contributed by atoms with van der Waals surface area (Å²) in [7, 11) is 2.02. The zero-order chi connectivity index (χ0) is 17.6. The number of aryl methyl sites for hydroxylation is 1. The lowest BCUT2D eigenvalue weighted by Crippen LogP contribution is -2.28. The first kappa shape index (κ1) is 17.4. The Bertz CT molecular complexity index is 828. The summed E-state index contributed by atoms with van der Waals surface area (Å²) in [6, 6.07) is 24.1. The summed E-state index contributed by atoms with van der Waals surface area (Å²) in [5, 5.41) is 2.82. The molecule has 0 saturated carbocycles. The lowest BCUT2D eigenvalue weighted by molar-refractivity contribution is -0.120. The second-order valence-electron chi connectivity index (χ2n) is 5.96. The van der Waals surface area contributed by atoms with Crippen LogP contribution in [0.3, 0.4) is 0 Å². The summed E-state index contributed by atoms with van der Waals surface area (Å²) in [5.41, 5.74) is 3.29. The van der Waals surface area contributed by atoms with Crippen LogP contribution in [0.5, 0.6) is 0 Å². The number of nitrogens with one attached hydrogen (secondary N) is 1. The fourth-order valence-electron chi connectivity index (χ4n) is 2.65. The van der Waals surface area contributed by atoms with Gasteiger partial charge in [0.05, 0.1) is 6.54 Å². The van der Waals surface area contributed by atoms with Gasteiger partial charge >= 0.3 is 0 Å². The van der Waals surface area contributed by atoms with Crippen molar-refractivity contribution >= 4 is 17.7 Å². The largest absolute Gasteiger partial charge is 0.350 e. The van der Waals surface area contributed by atoms with Crippen LogP contribution >= 0.6 is 11.8 Å². The third-order valence-electron chi connectivity index (χ3n) is 4.26. The second kappa shape index (κ2) is 8.08. The molecule has 25 heavy (non-hydrogen) atoms. The van der Waals surface area contributed by atoms with Crippen molar-refractivity contribution in [2.45, 2.75) is 23.6 Å². The first-order valence-electron chi connectivity index (χ1n) is 8.30. The molecule has 0 bridgehead atoms. The summed E-state index contributed by atoms with van der Waals surface area (Å²) in [4.78, 5) is 14.0. The minimum absolute atomic E-state index is 0.0268. The molecule has 3 nitrogen and oxygen atoms in total. The Kier molecular flexibility index (Phi) is 5.61. The van der Waals surface area contributed by atoms with Gasteiger partial charge in [0, 0.05) is 23.3 Å². The van der Waals surface area contributed by atoms with Crippen LogP contribution in [0.1, 0.15) is 22.2 Å². The summed E-state index contributed by atoms with van der Waals surface area (Å²) in [5.74, 6) is 0.0268. The number of thioether (sulfide) groups is 1. The van der Waals surface area contributed by atoms with Crippen LogP contribution in [0, 0.1) is 6.92 Å². The molecule has 1 amide bonds. The predicted molar refractivity (Wildman–Crippen MR) is 103 cm³/mol. The Morgan fingerprint density at radius 3 is 2.24 bits per heavy atom. The summed E-state index contributed by atoms with van der Waals surface area (Å²) in [6.45, 7) is 2.59. The van der Waals surface area contributed by atoms with E-state index in [0.29, 0.717) is 6.54 Å². The van der Waals surface area contributed by atoms with E-state index in [2.05, 4.69) is 28.9 Å². The molecule has 1 aromatic heterocycles. The number of nitrogens with zero attached hydrogens (tertiary/aromatic N) is 1. The molecule has 0 saturated heterocycles. The van der Waals surface area contributed by atoms with Crippen molar-refractivity contribution < 1.29 is 4.79 Å². The molecule has 2 aromatic carbocycles. The first-order valence-corrected chi connectivity index (χ1v) is 9.18. The van der Waals surface area contributed by atoms with Crippen LogP contribution < -0.4 is 5.32 Å². The van der Waals surface area contributed by atoms with Crippen molar-refractivity contribution in [1.82, 2.24) is 9.88 Å². The van der Waals surface area contributed by atoms with Gasteiger partial charge in [-0.25, -0.2) is 0 Å². The number of amides is 1. The molecule has 1 atom stereocenters. The van der Waals surface area contributed by atoms with E-state index in [4.69, 9.17) is 0 Å². The normalized spacial score (nSPS) is 11.9. The monoisotopic (exact) mass is 350 g/mol. The molecule has 0 unspecified atom stereocenters. The molecule has 0 aliphatic rings. The number of hydrogen-bond acceptors (Lipinski definition) is 2. The number of carbonyl (C=O) groups is 1. The molecular formula is C21H22N2OS. The molecule has 128 valence electrons. The van der Waals surface area contributed by atoms with Crippen molar-refractivity contribution in [3.63, 3.8) is 0 Å². The highest BCUT2D eigenvalue weighted by molar-refractivity contribution is 8.00. The summed E-state index contributed by atoms with van der Waals surface area (Å²) < 4.78 is 2.10. The summed E-state index contributed by atoms with van der Waals surface area (Å²) in [6.07, 6.45) is 0. The van der Waals surface area contributed by atoms with E-state index >= 15 is 0 Å². The van der Waals surface area contributed by atoms with Crippen molar-refractivity contribution in [1.29, 1.82) is 0 Å². The van der Waals surface area contributed by atoms with Gasteiger partial charge in [0.1, 0.15) is 5.25 Å². The fraction of sp³-hybridized carbons (Fsp3) is 0.190. The quantitative estimate of drug-likeness (QED) is 0.665. The number of rotatable bonds is 6. The van der Waals surface area contributed by atoms with E-state index in [1.54, 1.807) is 11.8 Å². The highest BCUT2D eigenvalue weighted by Crippen LogP contribution is 2.35. The number of aromatic nitrogens is 1. The molecule has 3 aromatic rings. The van der Waals surface area contributed by atoms with E-state index in [-0.39, 0.29) is 11.2 Å². The van der Waals surface area contributed by atoms with E-state index in [1.165, 1.54) is 5.69 Å². The van der Waals surface area contributed by atoms with Crippen LogP contribution in [0.25, 0.3) is 0 Å². The maximum Gasteiger partial charge on any atom is 0.238 e.